The number of carbonyl (C=O) groups excluding carboxylic acids is 4. The van der Waals surface area contributed by atoms with Crippen molar-refractivity contribution in [2.24, 2.45) is 45.8 Å². The molecule has 6 bridgehead atoms. The van der Waals surface area contributed by atoms with Crippen molar-refractivity contribution < 1.29 is 64.6 Å². The van der Waals surface area contributed by atoms with Crippen LogP contribution in [-0.4, -0.2) is 80.7 Å². The number of rotatable bonds is 11. The molecule has 1 saturated heterocycles. The highest BCUT2D eigenvalue weighted by atomic mass is 32.2. The summed E-state index contributed by atoms with van der Waals surface area (Å²) in [6, 6.07) is 0. The zero-order valence-corrected chi connectivity index (χ0v) is 31.9. The number of allylic oxidation sites excluding steroid dienone is 2. The largest absolute Gasteiger partial charge is 0.465 e. The Morgan fingerprint density at radius 2 is 1.56 bits per heavy atom. The molecule has 8 atom stereocenters. The maximum absolute atomic E-state index is 14.3. The third kappa shape index (κ3) is 7.76. The van der Waals surface area contributed by atoms with E-state index in [4.69, 9.17) is 28.2 Å². The van der Waals surface area contributed by atoms with E-state index in [9.17, 15) is 36.4 Å². The standard InChI is InChI=1S/C39H54F2O12S/c1-25-11-26-5-2-8-36(14-25,15-26)32(43)51-23-35(24-52-33(44)37-9-3-6-27(16-37)12-29(17-37)20-42)21-49-31(50-22-35)30-13-28-7-4-10-38(18-28,19-30)53-34(45)39(40,41)54(46,47)48/h11,20,25,27-31H,2-10,12-19,21-24H2,1H3,(H,46,47,48). The topological polar surface area (TPSA) is 169 Å². The highest BCUT2D eigenvalue weighted by Gasteiger charge is 2.59. The number of hydrogen-bond acceptors (Lipinski definition) is 11. The molecule has 7 rings (SSSR count). The maximum atomic E-state index is 14.3. The fourth-order valence-electron chi connectivity index (χ4n) is 11.5. The van der Waals surface area contributed by atoms with E-state index in [1.165, 1.54) is 5.57 Å². The van der Waals surface area contributed by atoms with Crippen molar-refractivity contribution in [3.63, 3.8) is 0 Å². The maximum Gasteiger partial charge on any atom is 0.465 e. The Bertz CT molecular complexity index is 1620. The Kier molecular flexibility index (Phi) is 10.9. The van der Waals surface area contributed by atoms with Crippen LogP contribution in [0.5, 0.6) is 0 Å². The van der Waals surface area contributed by atoms with E-state index in [-0.39, 0.29) is 81.3 Å². The summed E-state index contributed by atoms with van der Waals surface area (Å²) in [4.78, 5) is 52.1. The van der Waals surface area contributed by atoms with E-state index in [0.29, 0.717) is 44.9 Å². The molecular formula is C39H54F2O12S. The molecule has 1 heterocycles. The number of halogens is 2. The molecule has 0 aromatic rings. The summed E-state index contributed by atoms with van der Waals surface area (Å²) in [5.74, 6) is -3.05. The molecule has 8 unspecified atom stereocenters. The van der Waals surface area contributed by atoms with Crippen LogP contribution in [0, 0.1) is 45.8 Å². The molecule has 6 aliphatic carbocycles. The molecule has 0 aromatic carbocycles. The number of fused-ring (bicyclic) bond motifs is 6. The molecular weight excluding hydrogens is 730 g/mol. The minimum atomic E-state index is -6.03. The van der Waals surface area contributed by atoms with Crippen molar-refractivity contribution in [3.8, 4) is 0 Å². The van der Waals surface area contributed by atoms with E-state index < -0.39 is 55.4 Å². The molecule has 0 amide bonds. The van der Waals surface area contributed by atoms with Gasteiger partial charge in [-0.05, 0) is 108 Å². The van der Waals surface area contributed by atoms with Crippen molar-refractivity contribution >= 4 is 34.3 Å². The molecule has 12 nitrogen and oxygen atoms in total. The lowest BCUT2D eigenvalue weighted by atomic mass is 9.59. The second kappa shape index (κ2) is 14.8. The summed E-state index contributed by atoms with van der Waals surface area (Å²) < 4.78 is 90.3. The highest BCUT2D eigenvalue weighted by molar-refractivity contribution is 7.87. The monoisotopic (exact) mass is 784 g/mol. The van der Waals surface area contributed by atoms with Gasteiger partial charge in [0.1, 0.15) is 25.1 Å². The molecule has 302 valence electrons. The van der Waals surface area contributed by atoms with Crippen LogP contribution in [0.25, 0.3) is 0 Å². The fraction of sp³-hybridized carbons (Fsp3) is 0.846. The second-order valence-electron chi connectivity index (χ2n) is 18.3. The number of alkyl halides is 2. The Morgan fingerprint density at radius 3 is 2.24 bits per heavy atom. The van der Waals surface area contributed by atoms with Gasteiger partial charge in [-0.1, -0.05) is 37.8 Å². The Morgan fingerprint density at radius 1 is 0.907 bits per heavy atom. The number of aldehydes is 1. The van der Waals surface area contributed by atoms with Crippen molar-refractivity contribution in [3.05, 3.63) is 11.6 Å². The van der Waals surface area contributed by atoms with Crippen LogP contribution < -0.4 is 0 Å². The number of carbonyl (C=O) groups is 4. The normalized spacial score (nSPS) is 40.8. The molecule has 0 radical (unpaired) electrons. The van der Waals surface area contributed by atoms with Gasteiger partial charge in [0.25, 0.3) is 0 Å². The number of ether oxygens (including phenoxy) is 5. The molecule has 15 heteroatoms. The summed E-state index contributed by atoms with van der Waals surface area (Å²) in [6.07, 6.45) is 13.3. The van der Waals surface area contributed by atoms with Crippen LogP contribution in [-0.2, 0) is 53.0 Å². The Balaban J connectivity index is 1.06. The summed E-state index contributed by atoms with van der Waals surface area (Å²) in [5.41, 5.74) is -2.52. The summed E-state index contributed by atoms with van der Waals surface area (Å²) in [7, 11) is -6.03. The van der Waals surface area contributed by atoms with Crippen LogP contribution in [0.2, 0.25) is 0 Å². The van der Waals surface area contributed by atoms with Gasteiger partial charge in [0, 0.05) is 11.8 Å². The van der Waals surface area contributed by atoms with E-state index in [1.54, 1.807) is 0 Å². The Labute approximate surface area is 315 Å². The highest BCUT2D eigenvalue weighted by Crippen LogP contribution is 2.53. The van der Waals surface area contributed by atoms with E-state index in [2.05, 4.69) is 13.0 Å². The van der Waals surface area contributed by atoms with Gasteiger partial charge in [-0.15, -0.1) is 0 Å². The summed E-state index contributed by atoms with van der Waals surface area (Å²) in [6.45, 7) is 1.84. The van der Waals surface area contributed by atoms with Crippen molar-refractivity contribution in [1.82, 2.24) is 0 Å². The third-order valence-corrected chi connectivity index (χ3v) is 14.6. The van der Waals surface area contributed by atoms with Crippen molar-refractivity contribution in [1.29, 1.82) is 0 Å². The van der Waals surface area contributed by atoms with E-state index in [1.807, 2.05) is 0 Å². The van der Waals surface area contributed by atoms with Gasteiger partial charge in [-0.2, -0.15) is 17.2 Å². The van der Waals surface area contributed by atoms with E-state index in [0.717, 1.165) is 51.2 Å². The molecule has 7 aliphatic rings. The van der Waals surface area contributed by atoms with Crippen LogP contribution in [0.1, 0.15) is 116 Å². The average Bonchev–Trinajstić information content (AvgIpc) is 3.12. The molecule has 0 spiro atoms. The molecule has 0 aromatic heterocycles. The number of esters is 3. The summed E-state index contributed by atoms with van der Waals surface area (Å²) >= 11 is 0. The zero-order valence-electron chi connectivity index (χ0n) is 31.1. The summed E-state index contributed by atoms with van der Waals surface area (Å²) in [5, 5.41) is -5.11. The lowest BCUT2D eigenvalue weighted by Crippen LogP contribution is -2.55. The quantitative estimate of drug-likeness (QED) is 0.0841. The van der Waals surface area contributed by atoms with Gasteiger partial charge in [0.2, 0.25) is 0 Å². The first kappa shape index (κ1) is 39.7. The van der Waals surface area contributed by atoms with Crippen LogP contribution in [0.15, 0.2) is 11.6 Å². The smallest absolute Gasteiger partial charge is 0.464 e. The molecule has 54 heavy (non-hydrogen) atoms. The van der Waals surface area contributed by atoms with Gasteiger partial charge >= 0.3 is 33.3 Å². The van der Waals surface area contributed by atoms with Crippen LogP contribution >= 0.6 is 0 Å². The van der Waals surface area contributed by atoms with Gasteiger partial charge in [0.05, 0.1) is 29.5 Å². The minimum Gasteiger partial charge on any atom is -0.464 e. The third-order valence-electron chi connectivity index (χ3n) is 13.8. The molecule has 1 aliphatic heterocycles. The predicted octanol–water partition coefficient (Wildman–Crippen LogP) is 6.11. The molecule has 5 saturated carbocycles. The van der Waals surface area contributed by atoms with Gasteiger partial charge in [-0.3, -0.25) is 14.1 Å². The van der Waals surface area contributed by atoms with E-state index >= 15 is 0 Å². The van der Waals surface area contributed by atoms with Crippen LogP contribution in [0.3, 0.4) is 0 Å². The average molecular weight is 785 g/mol. The predicted molar refractivity (Wildman–Crippen MR) is 186 cm³/mol. The van der Waals surface area contributed by atoms with Crippen LogP contribution in [0.4, 0.5) is 8.78 Å². The minimum absolute atomic E-state index is 0.00580. The molecule has 6 fully saturated rings. The van der Waals surface area contributed by atoms with Gasteiger partial charge < -0.3 is 28.5 Å². The molecule has 1 N–H and O–H groups in total. The fourth-order valence-corrected chi connectivity index (χ4v) is 11.8. The first-order valence-electron chi connectivity index (χ1n) is 19.8. The number of hydrogen-bond donors (Lipinski definition) is 1. The van der Waals surface area contributed by atoms with Gasteiger partial charge in [-0.25, -0.2) is 4.79 Å². The lowest BCUT2D eigenvalue weighted by Gasteiger charge is -2.50. The second-order valence-corrected chi connectivity index (χ2v) is 19.7. The first-order valence-corrected chi connectivity index (χ1v) is 21.2. The van der Waals surface area contributed by atoms with Gasteiger partial charge in [0.15, 0.2) is 6.29 Å². The lowest BCUT2D eigenvalue weighted by molar-refractivity contribution is -0.279. The Hall–Kier alpha value is -2.49. The van der Waals surface area contributed by atoms with Crippen molar-refractivity contribution in [2.75, 3.05) is 26.4 Å². The first-order chi connectivity index (χ1) is 25.5. The zero-order chi connectivity index (χ0) is 38.6. The van der Waals surface area contributed by atoms with Crippen molar-refractivity contribution in [2.45, 2.75) is 133 Å². The SMILES string of the molecule is CC1C=C2CCCC(C(=O)OCC3(COC(=O)C45CCCC(CC(C=O)C4)C5)COC(C4CC5CCCC(OC(=O)C(F)(F)S(=O)(=O)O)(C5)C4)OC3)(C2)C1.